The fourth-order valence-corrected chi connectivity index (χ4v) is 3.70. The smallest absolute Gasteiger partial charge is 0.265 e. The molecule has 0 unspecified atom stereocenters. The van der Waals surface area contributed by atoms with E-state index in [0.29, 0.717) is 41.7 Å². The Morgan fingerprint density at radius 1 is 1.14 bits per heavy atom. The second-order valence-corrected chi connectivity index (χ2v) is 7.45. The van der Waals surface area contributed by atoms with Crippen molar-refractivity contribution < 1.29 is 19.1 Å². The Hall–Kier alpha value is -2.93. The first-order valence-electron chi connectivity index (χ1n) is 9.45. The molecule has 1 aliphatic rings. The number of anilines is 1. The van der Waals surface area contributed by atoms with Gasteiger partial charge < -0.3 is 20.1 Å². The number of benzene rings is 2. The Labute approximate surface area is 174 Å². The predicted octanol–water partition coefficient (Wildman–Crippen LogP) is 3.95. The van der Waals surface area contributed by atoms with Gasteiger partial charge >= 0.3 is 0 Å². The summed E-state index contributed by atoms with van der Waals surface area (Å²) in [5.41, 5.74) is 1.93. The summed E-state index contributed by atoms with van der Waals surface area (Å²) in [6, 6.07) is 14.5. The Kier molecular flexibility index (Phi) is 7.19. The van der Waals surface area contributed by atoms with Gasteiger partial charge in [-0.3, -0.25) is 9.59 Å². The molecule has 1 aliphatic heterocycles. The molecular formula is C22H24N2O4S. The minimum Gasteiger partial charge on any atom is -0.496 e. The van der Waals surface area contributed by atoms with Crippen molar-refractivity contribution in [3.05, 3.63) is 70.3 Å². The van der Waals surface area contributed by atoms with Gasteiger partial charge in [-0.2, -0.15) is 0 Å². The zero-order valence-corrected chi connectivity index (χ0v) is 17.3. The maximum Gasteiger partial charge on any atom is 0.265 e. The van der Waals surface area contributed by atoms with E-state index in [1.54, 1.807) is 31.2 Å². The summed E-state index contributed by atoms with van der Waals surface area (Å²) in [5.74, 6) is 1.67. The maximum atomic E-state index is 12.6. The van der Waals surface area contributed by atoms with E-state index in [1.807, 2.05) is 31.2 Å². The Bertz CT molecular complexity index is 927. The molecule has 0 fully saturated rings. The highest BCUT2D eigenvalue weighted by Crippen LogP contribution is 2.26. The fraction of sp³-hybridized carbons (Fsp3) is 0.273. The van der Waals surface area contributed by atoms with Crippen LogP contribution in [0.2, 0.25) is 0 Å². The Morgan fingerprint density at radius 3 is 2.76 bits per heavy atom. The highest BCUT2D eigenvalue weighted by Gasteiger charge is 2.19. The average molecular weight is 413 g/mol. The molecule has 3 rings (SSSR count). The first-order chi connectivity index (χ1) is 14.1. The van der Waals surface area contributed by atoms with Crippen molar-refractivity contribution in [1.29, 1.82) is 0 Å². The number of nitrogens with one attached hydrogen (secondary N) is 2. The number of hydrogen-bond donors (Lipinski definition) is 2. The quantitative estimate of drug-likeness (QED) is 0.720. The molecule has 1 heterocycles. The van der Waals surface area contributed by atoms with Crippen molar-refractivity contribution in [2.45, 2.75) is 20.4 Å². The molecule has 7 heteroatoms. The second-order valence-electron chi connectivity index (χ2n) is 6.34. The molecule has 0 atom stereocenters. The van der Waals surface area contributed by atoms with Gasteiger partial charge in [0.2, 0.25) is 0 Å². The number of amides is 2. The Morgan fingerprint density at radius 2 is 1.97 bits per heavy atom. The fourth-order valence-electron chi connectivity index (χ4n) is 2.88. The molecule has 0 aromatic heterocycles. The van der Waals surface area contributed by atoms with Crippen molar-refractivity contribution in [2.75, 3.05) is 24.3 Å². The van der Waals surface area contributed by atoms with Crippen LogP contribution in [-0.4, -0.2) is 30.8 Å². The lowest BCUT2D eigenvalue weighted by Gasteiger charge is -2.18. The zero-order chi connectivity index (χ0) is 20.6. The van der Waals surface area contributed by atoms with E-state index in [2.05, 4.69) is 10.6 Å². The van der Waals surface area contributed by atoms with Crippen molar-refractivity contribution >= 4 is 29.3 Å². The van der Waals surface area contributed by atoms with Crippen LogP contribution in [-0.2, 0) is 16.1 Å². The molecular weight excluding hydrogens is 388 g/mol. The molecule has 0 bridgehead atoms. The minimum atomic E-state index is -0.226. The summed E-state index contributed by atoms with van der Waals surface area (Å²) >= 11 is 1.47. The minimum absolute atomic E-state index is 0.224. The van der Waals surface area contributed by atoms with Crippen molar-refractivity contribution in [3.63, 3.8) is 0 Å². The number of carbonyl (C=O) groups is 2. The average Bonchev–Trinajstić information content (AvgIpc) is 2.73. The van der Waals surface area contributed by atoms with Crippen molar-refractivity contribution in [3.8, 4) is 5.75 Å². The maximum absolute atomic E-state index is 12.6. The SMILES string of the molecule is CCOc1ccccc1CNC(=O)c1cccc(NC(=O)C2=C(C)OCCS2)c1. The number of carbonyl (C=O) groups excluding carboxylic acids is 2. The van der Waals surface area contributed by atoms with Gasteiger partial charge in [0, 0.05) is 29.1 Å². The molecule has 29 heavy (non-hydrogen) atoms. The van der Waals surface area contributed by atoms with Gasteiger partial charge in [-0.1, -0.05) is 24.3 Å². The third-order valence-corrected chi connectivity index (χ3v) is 5.40. The number of ether oxygens (including phenoxy) is 2. The number of allylic oxidation sites excluding steroid dienone is 1. The zero-order valence-electron chi connectivity index (χ0n) is 16.5. The highest BCUT2D eigenvalue weighted by atomic mass is 32.2. The van der Waals surface area contributed by atoms with Gasteiger partial charge in [0.25, 0.3) is 11.8 Å². The van der Waals surface area contributed by atoms with Gasteiger partial charge in [0.15, 0.2) is 0 Å². The lowest BCUT2D eigenvalue weighted by Crippen LogP contribution is -2.23. The van der Waals surface area contributed by atoms with Crippen LogP contribution in [0.15, 0.2) is 59.2 Å². The lowest BCUT2D eigenvalue weighted by atomic mass is 10.1. The second kappa shape index (κ2) is 10.0. The summed E-state index contributed by atoms with van der Waals surface area (Å²) in [7, 11) is 0. The number of thioether (sulfide) groups is 1. The molecule has 2 amide bonds. The molecule has 0 radical (unpaired) electrons. The van der Waals surface area contributed by atoms with Crippen LogP contribution in [0.25, 0.3) is 0 Å². The predicted molar refractivity (Wildman–Crippen MR) is 115 cm³/mol. The van der Waals surface area contributed by atoms with Gasteiger partial charge in [0.1, 0.15) is 16.4 Å². The molecule has 152 valence electrons. The van der Waals surface area contributed by atoms with Crippen LogP contribution in [0.3, 0.4) is 0 Å². The largest absolute Gasteiger partial charge is 0.496 e. The van der Waals surface area contributed by atoms with E-state index in [0.717, 1.165) is 17.1 Å². The van der Waals surface area contributed by atoms with Crippen molar-refractivity contribution in [1.82, 2.24) is 5.32 Å². The molecule has 2 aromatic rings. The first kappa shape index (κ1) is 20.8. The van der Waals surface area contributed by atoms with Gasteiger partial charge in [-0.05, 0) is 38.1 Å². The summed E-state index contributed by atoms with van der Waals surface area (Å²) in [4.78, 5) is 25.6. The highest BCUT2D eigenvalue weighted by molar-refractivity contribution is 8.04. The van der Waals surface area contributed by atoms with Crippen molar-refractivity contribution in [2.24, 2.45) is 0 Å². The topological polar surface area (TPSA) is 76.7 Å². The molecule has 6 nitrogen and oxygen atoms in total. The van der Waals surface area contributed by atoms with E-state index in [1.165, 1.54) is 11.8 Å². The van der Waals surface area contributed by atoms with Crippen LogP contribution in [0.5, 0.6) is 5.75 Å². The van der Waals surface area contributed by atoms with Crippen LogP contribution in [0, 0.1) is 0 Å². The monoisotopic (exact) mass is 412 g/mol. The normalized spacial score (nSPS) is 13.4. The van der Waals surface area contributed by atoms with Gasteiger partial charge in [-0.15, -0.1) is 11.8 Å². The van der Waals surface area contributed by atoms with E-state index in [-0.39, 0.29) is 11.8 Å². The molecule has 2 aromatic carbocycles. The van der Waals surface area contributed by atoms with Gasteiger partial charge in [-0.25, -0.2) is 0 Å². The summed E-state index contributed by atoms with van der Waals surface area (Å²) < 4.78 is 11.0. The molecule has 0 spiro atoms. The standard InChI is InChI=1S/C22H24N2O4S/c1-3-27-19-10-5-4-7-17(19)14-23-21(25)16-8-6-9-18(13-16)24-22(26)20-15(2)28-11-12-29-20/h4-10,13H,3,11-12,14H2,1-2H3,(H,23,25)(H,24,26). The molecule has 2 N–H and O–H groups in total. The van der Waals surface area contributed by atoms with E-state index in [9.17, 15) is 9.59 Å². The van der Waals surface area contributed by atoms with E-state index in [4.69, 9.17) is 9.47 Å². The number of rotatable bonds is 7. The summed E-state index contributed by atoms with van der Waals surface area (Å²) in [6.07, 6.45) is 0. The van der Waals surface area contributed by atoms with Crippen LogP contribution in [0.1, 0.15) is 29.8 Å². The van der Waals surface area contributed by atoms with Crippen LogP contribution >= 0.6 is 11.8 Å². The molecule has 0 saturated carbocycles. The third kappa shape index (κ3) is 5.54. The number of hydrogen-bond acceptors (Lipinski definition) is 5. The van der Waals surface area contributed by atoms with E-state index < -0.39 is 0 Å². The number of para-hydroxylation sites is 1. The lowest BCUT2D eigenvalue weighted by molar-refractivity contribution is -0.112. The summed E-state index contributed by atoms with van der Waals surface area (Å²) in [6.45, 7) is 5.22. The van der Waals surface area contributed by atoms with Crippen LogP contribution < -0.4 is 15.4 Å². The molecule has 0 saturated heterocycles. The Balaban J connectivity index is 1.64. The van der Waals surface area contributed by atoms with Crippen LogP contribution in [0.4, 0.5) is 5.69 Å². The van der Waals surface area contributed by atoms with Gasteiger partial charge in [0.05, 0.1) is 13.2 Å². The first-order valence-corrected chi connectivity index (χ1v) is 10.4. The van der Waals surface area contributed by atoms with E-state index >= 15 is 0 Å². The molecule has 0 aliphatic carbocycles. The third-order valence-electron chi connectivity index (χ3n) is 4.27. The summed E-state index contributed by atoms with van der Waals surface area (Å²) in [5, 5.41) is 5.74.